The van der Waals surface area contributed by atoms with Crippen LogP contribution in [0.25, 0.3) is 28.4 Å². The molecule has 0 unspecified atom stereocenters. The summed E-state index contributed by atoms with van der Waals surface area (Å²) in [6, 6.07) is 14.7. The highest BCUT2D eigenvalue weighted by atomic mass is 19.4. The van der Waals surface area contributed by atoms with Gasteiger partial charge in [-0.25, -0.2) is 4.98 Å². The molecule has 0 aliphatic heterocycles. The Morgan fingerprint density at radius 2 is 1.87 bits per heavy atom. The molecule has 0 spiro atoms. The van der Waals surface area contributed by atoms with Crippen molar-refractivity contribution in [1.29, 1.82) is 0 Å². The largest absolute Gasteiger partial charge is 0.465 e. The van der Waals surface area contributed by atoms with Gasteiger partial charge in [-0.1, -0.05) is 24.3 Å². The molecule has 5 nitrogen and oxygen atoms in total. The zero-order valence-electron chi connectivity index (χ0n) is 15.4. The van der Waals surface area contributed by atoms with E-state index in [0.717, 1.165) is 16.8 Å². The lowest BCUT2D eigenvalue weighted by atomic mass is 10.1. The SMILES string of the molecule is O=c1c2ccccc2nc(-c2cccc(C(F)(F)F)c2)n1N=C/C=C/c1ccco1. The summed E-state index contributed by atoms with van der Waals surface area (Å²) in [5.41, 5.74) is -0.835. The van der Waals surface area contributed by atoms with E-state index in [1.165, 1.54) is 24.6 Å². The van der Waals surface area contributed by atoms with E-state index in [1.807, 2.05) is 0 Å². The van der Waals surface area contributed by atoms with Crippen LogP contribution in [0.15, 0.2) is 87.3 Å². The van der Waals surface area contributed by atoms with Crippen molar-refractivity contribution in [2.45, 2.75) is 6.18 Å². The van der Waals surface area contributed by atoms with Crippen LogP contribution in [-0.4, -0.2) is 15.9 Å². The molecule has 0 amide bonds. The highest BCUT2D eigenvalue weighted by Crippen LogP contribution is 2.31. The second-order valence-electron chi connectivity index (χ2n) is 6.29. The smallest absolute Gasteiger partial charge is 0.416 e. The molecule has 0 radical (unpaired) electrons. The summed E-state index contributed by atoms with van der Waals surface area (Å²) in [6.07, 6.45) is 1.52. The molecule has 2 aromatic carbocycles. The number of nitrogens with zero attached hydrogens (tertiary/aromatic N) is 3. The van der Waals surface area contributed by atoms with Gasteiger partial charge in [-0.2, -0.15) is 22.9 Å². The van der Waals surface area contributed by atoms with Gasteiger partial charge in [0, 0.05) is 11.8 Å². The van der Waals surface area contributed by atoms with Crippen molar-refractivity contribution in [3.8, 4) is 11.4 Å². The van der Waals surface area contributed by atoms with E-state index < -0.39 is 17.3 Å². The molecular formula is C22H14F3N3O2. The number of furan rings is 1. The molecule has 0 aliphatic rings. The second kappa shape index (κ2) is 7.82. The van der Waals surface area contributed by atoms with E-state index in [2.05, 4.69) is 10.1 Å². The summed E-state index contributed by atoms with van der Waals surface area (Å²) in [5.74, 6) is 0.594. The van der Waals surface area contributed by atoms with Gasteiger partial charge in [-0.3, -0.25) is 4.79 Å². The van der Waals surface area contributed by atoms with Gasteiger partial charge < -0.3 is 4.42 Å². The minimum absolute atomic E-state index is 0.00690. The maximum Gasteiger partial charge on any atom is 0.416 e. The van der Waals surface area contributed by atoms with E-state index in [1.54, 1.807) is 48.6 Å². The predicted octanol–water partition coefficient (Wildman–Crippen LogP) is 5.22. The number of para-hydroxylation sites is 1. The summed E-state index contributed by atoms with van der Waals surface area (Å²) < 4.78 is 45.6. The average Bonchev–Trinajstić information content (AvgIpc) is 3.25. The molecule has 0 bridgehead atoms. The molecule has 0 saturated carbocycles. The Hall–Kier alpha value is -3.94. The lowest BCUT2D eigenvalue weighted by Gasteiger charge is -2.11. The highest BCUT2D eigenvalue weighted by molar-refractivity contribution is 5.81. The van der Waals surface area contributed by atoms with Gasteiger partial charge in [-0.15, -0.1) is 0 Å². The molecule has 4 rings (SSSR count). The van der Waals surface area contributed by atoms with Crippen molar-refractivity contribution in [3.05, 3.63) is 94.7 Å². The van der Waals surface area contributed by atoms with Crippen LogP contribution in [0.1, 0.15) is 11.3 Å². The lowest BCUT2D eigenvalue weighted by Crippen LogP contribution is -2.20. The Morgan fingerprint density at radius 1 is 1.03 bits per heavy atom. The molecule has 0 aliphatic carbocycles. The van der Waals surface area contributed by atoms with Gasteiger partial charge >= 0.3 is 6.18 Å². The fourth-order valence-electron chi connectivity index (χ4n) is 2.88. The lowest BCUT2D eigenvalue weighted by molar-refractivity contribution is -0.137. The van der Waals surface area contributed by atoms with Gasteiger partial charge in [0.15, 0.2) is 5.82 Å². The maximum atomic E-state index is 13.2. The van der Waals surface area contributed by atoms with Crippen molar-refractivity contribution in [3.63, 3.8) is 0 Å². The van der Waals surface area contributed by atoms with Crippen LogP contribution in [0.4, 0.5) is 13.2 Å². The van der Waals surface area contributed by atoms with Crippen LogP contribution in [0.5, 0.6) is 0 Å². The summed E-state index contributed by atoms with van der Waals surface area (Å²) in [4.78, 5) is 17.4. The van der Waals surface area contributed by atoms with E-state index in [0.29, 0.717) is 16.7 Å². The topological polar surface area (TPSA) is 60.4 Å². The molecule has 2 aromatic heterocycles. The number of aromatic nitrogens is 2. The molecule has 8 heteroatoms. The first-order valence-corrected chi connectivity index (χ1v) is 8.87. The van der Waals surface area contributed by atoms with Gasteiger partial charge in [0.1, 0.15) is 5.76 Å². The fourth-order valence-corrected chi connectivity index (χ4v) is 2.88. The van der Waals surface area contributed by atoms with E-state index in [9.17, 15) is 18.0 Å². The van der Waals surface area contributed by atoms with Crippen LogP contribution in [0, 0.1) is 0 Å². The quantitative estimate of drug-likeness (QED) is 0.434. The number of fused-ring (bicyclic) bond motifs is 1. The van der Waals surface area contributed by atoms with Crippen molar-refractivity contribution < 1.29 is 17.6 Å². The molecule has 0 saturated heterocycles. The molecule has 30 heavy (non-hydrogen) atoms. The average molecular weight is 409 g/mol. The summed E-state index contributed by atoms with van der Waals surface area (Å²) >= 11 is 0. The van der Waals surface area contributed by atoms with Crippen LogP contribution < -0.4 is 5.56 Å². The summed E-state index contributed by atoms with van der Waals surface area (Å²) in [7, 11) is 0. The fraction of sp³-hybridized carbons (Fsp3) is 0.0455. The van der Waals surface area contributed by atoms with E-state index in [4.69, 9.17) is 4.42 Å². The Morgan fingerprint density at radius 3 is 2.63 bits per heavy atom. The normalized spacial score (nSPS) is 12.4. The van der Waals surface area contributed by atoms with Crippen molar-refractivity contribution in [1.82, 2.24) is 9.66 Å². The number of alkyl halides is 3. The Bertz CT molecular complexity index is 1300. The maximum absolute atomic E-state index is 13.2. The monoisotopic (exact) mass is 409 g/mol. The van der Waals surface area contributed by atoms with Crippen LogP contribution in [-0.2, 0) is 6.18 Å². The number of halogens is 3. The summed E-state index contributed by atoms with van der Waals surface area (Å²) in [6.45, 7) is 0. The highest BCUT2D eigenvalue weighted by Gasteiger charge is 2.30. The number of benzene rings is 2. The molecule has 0 fully saturated rings. The third kappa shape index (κ3) is 3.93. The molecule has 0 N–H and O–H groups in total. The van der Waals surface area contributed by atoms with Gasteiger partial charge in [0.25, 0.3) is 5.56 Å². The van der Waals surface area contributed by atoms with Gasteiger partial charge in [-0.05, 0) is 48.6 Å². The predicted molar refractivity (Wildman–Crippen MR) is 108 cm³/mol. The Labute approximate surface area is 168 Å². The second-order valence-corrected chi connectivity index (χ2v) is 6.29. The van der Waals surface area contributed by atoms with Crippen LogP contribution in [0.3, 0.4) is 0 Å². The molecule has 2 heterocycles. The summed E-state index contributed by atoms with van der Waals surface area (Å²) in [5, 5.41) is 4.44. The molecule has 150 valence electrons. The van der Waals surface area contributed by atoms with E-state index >= 15 is 0 Å². The minimum atomic E-state index is -4.52. The number of rotatable bonds is 4. The Kier molecular flexibility index (Phi) is 5.05. The number of hydrogen-bond acceptors (Lipinski definition) is 4. The van der Waals surface area contributed by atoms with Crippen molar-refractivity contribution >= 4 is 23.2 Å². The van der Waals surface area contributed by atoms with Crippen molar-refractivity contribution in [2.24, 2.45) is 5.10 Å². The zero-order chi connectivity index (χ0) is 21.1. The first-order valence-electron chi connectivity index (χ1n) is 8.87. The molecule has 4 aromatic rings. The van der Waals surface area contributed by atoms with Crippen LogP contribution in [0.2, 0.25) is 0 Å². The van der Waals surface area contributed by atoms with Gasteiger partial charge in [0.05, 0.1) is 22.7 Å². The number of allylic oxidation sites excluding steroid dienone is 1. The van der Waals surface area contributed by atoms with Crippen molar-refractivity contribution in [2.75, 3.05) is 0 Å². The minimum Gasteiger partial charge on any atom is -0.465 e. The first-order chi connectivity index (χ1) is 14.4. The third-order valence-corrected chi connectivity index (χ3v) is 4.27. The van der Waals surface area contributed by atoms with Gasteiger partial charge in [0.2, 0.25) is 0 Å². The Balaban J connectivity index is 1.86. The molecule has 0 atom stereocenters. The first kappa shape index (κ1) is 19.4. The van der Waals surface area contributed by atoms with E-state index in [-0.39, 0.29) is 11.4 Å². The number of hydrogen-bond donors (Lipinski definition) is 0. The zero-order valence-corrected chi connectivity index (χ0v) is 15.4. The standard InChI is InChI=1S/C22H14F3N3O2/c23-22(24,25)16-7-3-6-15(14-16)20-27-19-11-2-1-10-18(19)21(29)28(20)26-12-4-8-17-9-5-13-30-17/h1-14H/b8-4+,26-12?. The molecular weight excluding hydrogens is 395 g/mol. The third-order valence-electron chi connectivity index (χ3n) is 4.27. The van der Waals surface area contributed by atoms with Crippen LogP contribution >= 0.6 is 0 Å².